The van der Waals surface area contributed by atoms with E-state index >= 15 is 0 Å². The third-order valence-electron chi connectivity index (χ3n) is 5.55. The Morgan fingerprint density at radius 1 is 1.31 bits per heavy atom. The molecule has 0 aliphatic carbocycles. The third-order valence-corrected chi connectivity index (χ3v) is 5.55. The molecule has 2 aromatic rings. The summed E-state index contributed by atoms with van der Waals surface area (Å²) in [5.41, 5.74) is 0.250. The van der Waals surface area contributed by atoms with Crippen molar-refractivity contribution < 1.29 is 14.0 Å². The van der Waals surface area contributed by atoms with Crippen LogP contribution in [0.1, 0.15) is 49.1 Å². The highest BCUT2D eigenvalue weighted by Gasteiger charge is 2.40. The van der Waals surface area contributed by atoms with Gasteiger partial charge in [-0.1, -0.05) is 18.2 Å². The van der Waals surface area contributed by atoms with Gasteiger partial charge in [0.25, 0.3) is 5.91 Å². The first-order valence-corrected chi connectivity index (χ1v) is 10.0. The number of benzene rings is 1. The molecule has 0 saturated carbocycles. The van der Waals surface area contributed by atoms with E-state index in [0.29, 0.717) is 50.1 Å². The molecule has 7 nitrogen and oxygen atoms in total. The Bertz CT molecular complexity index is 948. The SMILES string of the molecule is C#CCCC1(CCC(=O)N2CCCC(NC(=O)c3cc4ccccc4o3)C2)N=N1. The second kappa shape index (κ2) is 8.08. The Morgan fingerprint density at radius 3 is 2.90 bits per heavy atom. The van der Waals surface area contributed by atoms with E-state index < -0.39 is 5.66 Å². The predicted molar refractivity (Wildman–Crippen MR) is 108 cm³/mol. The summed E-state index contributed by atoms with van der Waals surface area (Å²) < 4.78 is 5.63. The maximum atomic E-state index is 12.6. The highest BCUT2D eigenvalue weighted by Crippen LogP contribution is 2.37. The number of hydrogen-bond donors (Lipinski definition) is 1. The number of piperidine rings is 1. The fraction of sp³-hybridized carbons (Fsp3) is 0.455. The van der Waals surface area contributed by atoms with Crippen LogP contribution < -0.4 is 5.32 Å². The van der Waals surface area contributed by atoms with Gasteiger partial charge >= 0.3 is 0 Å². The number of carbonyl (C=O) groups is 2. The van der Waals surface area contributed by atoms with Gasteiger partial charge < -0.3 is 14.6 Å². The number of fused-ring (bicyclic) bond motifs is 1. The molecule has 1 atom stereocenters. The molecule has 2 aliphatic heterocycles. The Hall–Kier alpha value is -3.14. The summed E-state index contributed by atoms with van der Waals surface area (Å²) in [5.74, 6) is 2.72. The number of nitrogens with zero attached hydrogens (tertiary/aromatic N) is 3. The highest BCUT2D eigenvalue weighted by molar-refractivity contribution is 5.96. The van der Waals surface area contributed by atoms with Crippen molar-refractivity contribution in [3.05, 3.63) is 36.1 Å². The zero-order chi connectivity index (χ0) is 20.3. The van der Waals surface area contributed by atoms with E-state index in [9.17, 15) is 9.59 Å². The molecule has 1 aromatic carbocycles. The van der Waals surface area contributed by atoms with E-state index in [2.05, 4.69) is 21.5 Å². The molecule has 1 saturated heterocycles. The van der Waals surface area contributed by atoms with Gasteiger partial charge in [0.15, 0.2) is 11.4 Å². The molecule has 2 aliphatic rings. The number of rotatable bonds is 7. The number of hydrogen-bond acceptors (Lipinski definition) is 5. The van der Waals surface area contributed by atoms with Crippen LogP contribution in [0.2, 0.25) is 0 Å². The minimum absolute atomic E-state index is 0.0741. The summed E-state index contributed by atoms with van der Waals surface area (Å²) >= 11 is 0. The van der Waals surface area contributed by atoms with Crippen molar-refractivity contribution in [1.29, 1.82) is 0 Å². The lowest BCUT2D eigenvalue weighted by molar-refractivity contribution is -0.132. The number of para-hydroxylation sites is 1. The topological polar surface area (TPSA) is 87.3 Å². The standard InChI is InChI=1S/C22H24N4O3/c1-2-3-11-22(24-25-22)12-10-20(27)26-13-6-8-17(15-26)23-21(28)19-14-16-7-4-5-9-18(16)29-19/h1,4-5,7,9,14,17H,3,6,8,10-13,15H2,(H,23,28). The highest BCUT2D eigenvalue weighted by atomic mass is 16.3. The van der Waals surface area contributed by atoms with Gasteiger partial charge in [0.2, 0.25) is 5.91 Å². The number of furan rings is 1. The van der Waals surface area contributed by atoms with E-state index in [4.69, 9.17) is 10.8 Å². The molecule has 0 spiro atoms. The van der Waals surface area contributed by atoms with E-state index in [1.54, 1.807) is 6.07 Å². The average Bonchev–Trinajstić information content (AvgIpc) is 3.38. The van der Waals surface area contributed by atoms with Crippen LogP contribution in [0.5, 0.6) is 0 Å². The van der Waals surface area contributed by atoms with Crippen molar-refractivity contribution in [1.82, 2.24) is 10.2 Å². The van der Waals surface area contributed by atoms with Crippen LogP contribution in [0.3, 0.4) is 0 Å². The number of carbonyl (C=O) groups excluding carboxylic acids is 2. The largest absolute Gasteiger partial charge is 0.451 e. The summed E-state index contributed by atoms with van der Waals surface area (Å²) in [6, 6.07) is 9.18. The van der Waals surface area contributed by atoms with Crippen molar-refractivity contribution >= 4 is 22.8 Å². The van der Waals surface area contributed by atoms with Crippen LogP contribution in [0, 0.1) is 12.3 Å². The van der Waals surface area contributed by atoms with Gasteiger partial charge in [0.05, 0.1) is 0 Å². The van der Waals surface area contributed by atoms with Crippen molar-refractivity contribution in [2.45, 2.75) is 50.2 Å². The molecule has 0 radical (unpaired) electrons. The van der Waals surface area contributed by atoms with Gasteiger partial charge in [0.1, 0.15) is 5.58 Å². The monoisotopic (exact) mass is 392 g/mol. The second-order valence-corrected chi connectivity index (χ2v) is 7.69. The number of nitrogens with one attached hydrogen (secondary N) is 1. The quantitative estimate of drug-likeness (QED) is 0.732. The predicted octanol–water partition coefficient (Wildman–Crippen LogP) is 3.51. The molecule has 7 heteroatoms. The minimum Gasteiger partial charge on any atom is -0.451 e. The Morgan fingerprint density at radius 2 is 2.14 bits per heavy atom. The number of likely N-dealkylation sites (tertiary alicyclic amines) is 1. The first-order valence-electron chi connectivity index (χ1n) is 10.0. The second-order valence-electron chi connectivity index (χ2n) is 7.69. The Balaban J connectivity index is 1.29. The molecule has 150 valence electrons. The lowest BCUT2D eigenvalue weighted by Gasteiger charge is -2.33. The first-order chi connectivity index (χ1) is 14.1. The van der Waals surface area contributed by atoms with Crippen molar-refractivity contribution in [2.75, 3.05) is 13.1 Å². The van der Waals surface area contributed by atoms with Crippen LogP contribution in [0.15, 0.2) is 45.0 Å². The van der Waals surface area contributed by atoms with Crippen LogP contribution in [-0.2, 0) is 4.79 Å². The van der Waals surface area contributed by atoms with E-state index in [1.807, 2.05) is 29.2 Å². The maximum absolute atomic E-state index is 12.6. The lowest BCUT2D eigenvalue weighted by atomic mass is 10.0. The number of terminal acetylenes is 1. The molecule has 1 fully saturated rings. The molecular weight excluding hydrogens is 368 g/mol. The summed E-state index contributed by atoms with van der Waals surface area (Å²) in [6.07, 6.45) is 9.30. The van der Waals surface area contributed by atoms with Gasteiger partial charge in [-0.2, -0.15) is 10.2 Å². The fourth-order valence-corrected chi connectivity index (χ4v) is 3.81. The zero-order valence-electron chi connectivity index (χ0n) is 16.3. The summed E-state index contributed by atoms with van der Waals surface area (Å²) in [6.45, 7) is 1.22. The maximum Gasteiger partial charge on any atom is 0.287 e. The Kier molecular flexibility index (Phi) is 5.34. The normalized spacial score (nSPS) is 19.7. The van der Waals surface area contributed by atoms with Gasteiger partial charge in [-0.15, -0.1) is 12.3 Å². The van der Waals surface area contributed by atoms with Crippen molar-refractivity contribution in [3.63, 3.8) is 0 Å². The van der Waals surface area contributed by atoms with Gasteiger partial charge in [-0.25, -0.2) is 0 Å². The van der Waals surface area contributed by atoms with Crippen LogP contribution >= 0.6 is 0 Å². The molecule has 1 unspecified atom stereocenters. The first kappa shape index (κ1) is 19.2. The summed E-state index contributed by atoms with van der Waals surface area (Å²) in [7, 11) is 0. The lowest BCUT2D eigenvalue weighted by Crippen LogP contribution is -2.49. The van der Waals surface area contributed by atoms with E-state index in [-0.39, 0.29) is 17.9 Å². The molecule has 29 heavy (non-hydrogen) atoms. The molecule has 3 heterocycles. The number of amides is 2. The molecule has 4 rings (SSSR count). The van der Waals surface area contributed by atoms with Crippen LogP contribution in [-0.4, -0.2) is 41.5 Å². The molecule has 0 bridgehead atoms. The Labute approximate surface area is 169 Å². The minimum atomic E-state index is -0.438. The molecular formula is C22H24N4O3. The summed E-state index contributed by atoms with van der Waals surface area (Å²) in [5, 5.41) is 12.1. The smallest absolute Gasteiger partial charge is 0.287 e. The molecule has 1 aromatic heterocycles. The van der Waals surface area contributed by atoms with E-state index in [0.717, 1.165) is 18.2 Å². The van der Waals surface area contributed by atoms with Gasteiger partial charge in [0, 0.05) is 50.2 Å². The third kappa shape index (κ3) is 4.48. The van der Waals surface area contributed by atoms with Gasteiger partial charge in [-0.05, 0) is 25.0 Å². The zero-order valence-corrected chi connectivity index (χ0v) is 16.3. The van der Waals surface area contributed by atoms with Crippen LogP contribution in [0.25, 0.3) is 11.0 Å². The van der Waals surface area contributed by atoms with Crippen LogP contribution in [0.4, 0.5) is 0 Å². The summed E-state index contributed by atoms with van der Waals surface area (Å²) in [4.78, 5) is 27.0. The van der Waals surface area contributed by atoms with Crippen molar-refractivity contribution in [2.24, 2.45) is 10.2 Å². The van der Waals surface area contributed by atoms with Gasteiger partial charge in [-0.3, -0.25) is 9.59 Å². The molecule has 1 N–H and O–H groups in total. The average molecular weight is 392 g/mol. The van der Waals surface area contributed by atoms with Crippen molar-refractivity contribution in [3.8, 4) is 12.3 Å². The van der Waals surface area contributed by atoms with E-state index in [1.165, 1.54) is 0 Å². The fourth-order valence-electron chi connectivity index (χ4n) is 3.81. The molecule has 2 amide bonds.